The third-order valence-corrected chi connectivity index (χ3v) is 6.02. The van der Waals surface area contributed by atoms with Crippen LogP contribution in [0.2, 0.25) is 0 Å². The second kappa shape index (κ2) is 10.8. The van der Waals surface area contributed by atoms with Crippen molar-refractivity contribution in [3.8, 4) is 23.2 Å². The van der Waals surface area contributed by atoms with Crippen molar-refractivity contribution in [2.75, 3.05) is 4.90 Å². The molecule has 37 heavy (non-hydrogen) atoms. The van der Waals surface area contributed by atoms with Crippen molar-refractivity contribution in [1.82, 2.24) is 25.7 Å². The number of carbonyl (C=O) groups is 2. The Morgan fingerprint density at radius 3 is 2.30 bits per heavy atom. The number of hydrogen-bond acceptors (Lipinski definition) is 6. The highest BCUT2D eigenvalue weighted by atomic mass is 16.2. The van der Waals surface area contributed by atoms with E-state index in [9.17, 15) is 9.59 Å². The first kappa shape index (κ1) is 23.8. The number of aryl methyl sites for hydroxylation is 1. The molecule has 2 heterocycles. The Labute approximate surface area is 214 Å². The summed E-state index contributed by atoms with van der Waals surface area (Å²) in [5.74, 6) is 7.05. The lowest BCUT2D eigenvalue weighted by Crippen LogP contribution is -2.33. The minimum absolute atomic E-state index is 0.0947. The lowest BCUT2D eigenvalue weighted by molar-refractivity contribution is -0.125. The van der Waals surface area contributed by atoms with Crippen LogP contribution in [0.1, 0.15) is 40.9 Å². The standard InChI is InChI=1S/C29H24N6O2/c1-20-31-33-29(34-32-20)24-12-10-21(11-13-24)18-30-27(36)16-17-28(37)35-19-25-8-3-2-6-22(25)14-15-23-7-4-5-9-26(23)35/h2-13H,16-19H2,1H3,(H,30,36). The highest BCUT2D eigenvalue weighted by Crippen LogP contribution is 2.26. The van der Waals surface area contributed by atoms with E-state index in [0.29, 0.717) is 24.7 Å². The summed E-state index contributed by atoms with van der Waals surface area (Å²) in [6.07, 6.45) is 0.191. The molecule has 1 N–H and O–H groups in total. The number of benzene rings is 3. The Morgan fingerprint density at radius 2 is 1.51 bits per heavy atom. The van der Waals surface area contributed by atoms with Crippen LogP contribution in [0.5, 0.6) is 0 Å². The summed E-state index contributed by atoms with van der Waals surface area (Å²) >= 11 is 0. The zero-order valence-electron chi connectivity index (χ0n) is 20.3. The van der Waals surface area contributed by atoms with Gasteiger partial charge in [0.25, 0.3) is 0 Å². The van der Waals surface area contributed by atoms with Gasteiger partial charge in [0, 0.05) is 36.1 Å². The highest BCUT2D eigenvalue weighted by molar-refractivity contribution is 5.96. The van der Waals surface area contributed by atoms with Gasteiger partial charge in [0.1, 0.15) is 0 Å². The number of carbonyl (C=O) groups excluding carboxylic acids is 2. The van der Waals surface area contributed by atoms with Crippen molar-refractivity contribution in [3.05, 3.63) is 101 Å². The van der Waals surface area contributed by atoms with Gasteiger partial charge in [0.05, 0.1) is 12.2 Å². The fourth-order valence-electron chi connectivity index (χ4n) is 4.02. The molecule has 0 atom stereocenters. The average Bonchev–Trinajstić information content (AvgIpc) is 2.92. The maximum atomic E-state index is 13.3. The fraction of sp³-hybridized carbons (Fsp3) is 0.172. The molecule has 8 heteroatoms. The second-order valence-electron chi connectivity index (χ2n) is 8.65. The monoisotopic (exact) mass is 488 g/mol. The van der Waals surface area contributed by atoms with E-state index in [-0.39, 0.29) is 24.7 Å². The number of amides is 2. The van der Waals surface area contributed by atoms with Gasteiger partial charge in [-0.1, -0.05) is 66.4 Å². The lowest BCUT2D eigenvalue weighted by atomic mass is 10.0. The number of rotatable bonds is 6. The first-order valence-corrected chi connectivity index (χ1v) is 12.0. The predicted octanol–water partition coefficient (Wildman–Crippen LogP) is 3.59. The molecule has 1 aliphatic heterocycles. The van der Waals surface area contributed by atoms with Crippen LogP contribution in [0.15, 0.2) is 72.8 Å². The largest absolute Gasteiger partial charge is 0.352 e. The Bertz CT molecular complexity index is 1500. The van der Waals surface area contributed by atoms with Gasteiger partial charge in [-0.25, -0.2) is 0 Å². The van der Waals surface area contributed by atoms with Crippen molar-refractivity contribution in [2.24, 2.45) is 0 Å². The van der Waals surface area contributed by atoms with E-state index >= 15 is 0 Å². The number of nitrogens with zero attached hydrogens (tertiary/aromatic N) is 5. The summed E-state index contributed by atoms with van der Waals surface area (Å²) in [4.78, 5) is 27.6. The van der Waals surface area contributed by atoms with E-state index < -0.39 is 0 Å². The van der Waals surface area contributed by atoms with E-state index in [1.807, 2.05) is 72.8 Å². The van der Waals surface area contributed by atoms with Crippen molar-refractivity contribution in [3.63, 3.8) is 0 Å². The van der Waals surface area contributed by atoms with Crippen LogP contribution < -0.4 is 10.2 Å². The maximum absolute atomic E-state index is 13.3. The van der Waals surface area contributed by atoms with Crippen LogP contribution in [-0.2, 0) is 22.7 Å². The van der Waals surface area contributed by atoms with E-state index in [1.165, 1.54) is 0 Å². The molecular formula is C29H24N6O2. The summed E-state index contributed by atoms with van der Waals surface area (Å²) in [5.41, 5.74) is 5.15. The van der Waals surface area contributed by atoms with Crippen LogP contribution in [0, 0.1) is 18.8 Å². The maximum Gasteiger partial charge on any atom is 0.227 e. The SMILES string of the molecule is Cc1nnc(-c2ccc(CNC(=O)CCC(=O)N3Cc4ccccc4C#Cc4ccccc43)cc2)nn1. The Balaban J connectivity index is 1.20. The predicted molar refractivity (Wildman–Crippen MR) is 139 cm³/mol. The molecule has 0 saturated carbocycles. The zero-order chi connectivity index (χ0) is 25.6. The Hall–Kier alpha value is -4.90. The van der Waals surface area contributed by atoms with E-state index in [2.05, 4.69) is 37.6 Å². The van der Waals surface area contributed by atoms with Gasteiger partial charge >= 0.3 is 0 Å². The number of nitrogens with one attached hydrogen (secondary N) is 1. The molecule has 0 fully saturated rings. The van der Waals surface area contributed by atoms with Crippen molar-refractivity contribution in [2.45, 2.75) is 32.9 Å². The zero-order valence-corrected chi connectivity index (χ0v) is 20.3. The molecule has 0 unspecified atom stereocenters. The van der Waals surface area contributed by atoms with Crippen LogP contribution in [0.4, 0.5) is 5.69 Å². The van der Waals surface area contributed by atoms with Crippen molar-refractivity contribution in [1.29, 1.82) is 0 Å². The lowest BCUT2D eigenvalue weighted by Gasteiger charge is -2.26. The molecule has 8 nitrogen and oxygen atoms in total. The van der Waals surface area contributed by atoms with Crippen LogP contribution in [0.25, 0.3) is 11.4 Å². The second-order valence-corrected chi connectivity index (χ2v) is 8.65. The van der Waals surface area contributed by atoms with Crippen LogP contribution in [0.3, 0.4) is 0 Å². The molecule has 0 saturated heterocycles. The van der Waals surface area contributed by atoms with Gasteiger partial charge in [-0.2, -0.15) is 0 Å². The van der Waals surface area contributed by atoms with Crippen LogP contribution in [-0.4, -0.2) is 32.2 Å². The summed E-state index contributed by atoms with van der Waals surface area (Å²) < 4.78 is 0. The van der Waals surface area contributed by atoms with Crippen LogP contribution >= 0.6 is 0 Å². The molecule has 1 aromatic heterocycles. The van der Waals surface area contributed by atoms with E-state index in [4.69, 9.17) is 0 Å². The van der Waals surface area contributed by atoms with Gasteiger partial charge in [0.15, 0.2) is 5.82 Å². The van der Waals surface area contributed by atoms with Gasteiger partial charge in [-0.05, 0) is 36.2 Å². The van der Waals surface area contributed by atoms with Gasteiger partial charge < -0.3 is 10.2 Å². The minimum atomic E-state index is -0.187. The summed E-state index contributed by atoms with van der Waals surface area (Å²) in [5, 5.41) is 18.8. The summed E-state index contributed by atoms with van der Waals surface area (Å²) in [6.45, 7) is 2.49. The fourth-order valence-corrected chi connectivity index (χ4v) is 4.02. The highest BCUT2D eigenvalue weighted by Gasteiger charge is 2.21. The normalized spacial score (nSPS) is 11.8. The summed E-state index contributed by atoms with van der Waals surface area (Å²) in [7, 11) is 0. The molecule has 0 spiro atoms. The molecule has 4 aromatic rings. The summed E-state index contributed by atoms with van der Waals surface area (Å²) in [6, 6.07) is 22.9. The molecule has 3 aromatic carbocycles. The first-order chi connectivity index (χ1) is 18.1. The molecule has 5 rings (SSSR count). The number of anilines is 1. The number of hydrogen-bond donors (Lipinski definition) is 1. The topological polar surface area (TPSA) is 101 Å². The molecule has 2 amide bonds. The van der Waals surface area contributed by atoms with Crippen molar-refractivity contribution < 1.29 is 9.59 Å². The number of para-hydroxylation sites is 1. The Morgan fingerprint density at radius 1 is 0.838 bits per heavy atom. The third kappa shape index (κ3) is 5.68. The number of fused-ring (bicyclic) bond motifs is 2. The molecule has 1 aliphatic rings. The smallest absolute Gasteiger partial charge is 0.227 e. The minimum Gasteiger partial charge on any atom is -0.352 e. The molecule has 0 bridgehead atoms. The first-order valence-electron chi connectivity index (χ1n) is 12.0. The van der Waals surface area contributed by atoms with Gasteiger partial charge in [-0.3, -0.25) is 9.59 Å². The van der Waals surface area contributed by atoms with Crippen molar-refractivity contribution >= 4 is 17.5 Å². The molecule has 0 aliphatic carbocycles. The third-order valence-electron chi connectivity index (χ3n) is 6.02. The van der Waals surface area contributed by atoms with Gasteiger partial charge in [0.2, 0.25) is 17.6 Å². The van der Waals surface area contributed by atoms with E-state index in [1.54, 1.807) is 11.8 Å². The van der Waals surface area contributed by atoms with E-state index in [0.717, 1.165) is 33.5 Å². The molecular weight excluding hydrogens is 464 g/mol. The average molecular weight is 489 g/mol. The molecule has 0 radical (unpaired) electrons. The number of aromatic nitrogens is 4. The Kier molecular flexibility index (Phi) is 6.95. The van der Waals surface area contributed by atoms with Gasteiger partial charge in [-0.15, -0.1) is 20.4 Å². The quantitative estimate of drug-likeness (QED) is 0.417. The molecule has 182 valence electrons.